The number of carbonyl (C=O) groups is 1. The van der Waals surface area contributed by atoms with Gasteiger partial charge >= 0.3 is 0 Å². The van der Waals surface area contributed by atoms with Gasteiger partial charge in [-0.2, -0.15) is 0 Å². The number of nitrogens with zero attached hydrogens (tertiary/aromatic N) is 2. The van der Waals surface area contributed by atoms with E-state index in [1.807, 2.05) is 0 Å². The standard InChI is InChI=1S/C17H30ClN5O/c1-11-4-2-3-5-14(11)23-10-12-9-22(7-6-13(12)21-23)15-8-19-20-17(24)16(15)18/h11-16,19,21H,2-10H2,1H3,(H,20,24). The van der Waals surface area contributed by atoms with Crippen LogP contribution in [0.3, 0.4) is 0 Å². The number of nitrogens with one attached hydrogen (secondary N) is 3. The molecule has 6 unspecified atom stereocenters. The molecule has 24 heavy (non-hydrogen) atoms. The normalized spacial score (nSPS) is 45.0. The molecule has 0 radical (unpaired) electrons. The van der Waals surface area contributed by atoms with E-state index in [9.17, 15) is 4.79 Å². The first-order chi connectivity index (χ1) is 11.6. The quantitative estimate of drug-likeness (QED) is 0.636. The van der Waals surface area contributed by atoms with Crippen molar-refractivity contribution in [2.45, 2.75) is 62.5 Å². The molecule has 7 heteroatoms. The number of alkyl halides is 1. The number of amides is 1. The summed E-state index contributed by atoms with van der Waals surface area (Å²) in [4.78, 5) is 14.2. The minimum absolute atomic E-state index is 0.0998. The molecule has 4 aliphatic rings. The molecule has 1 saturated carbocycles. The average molecular weight is 356 g/mol. The van der Waals surface area contributed by atoms with Crippen molar-refractivity contribution in [2.24, 2.45) is 11.8 Å². The molecule has 1 amide bonds. The summed E-state index contributed by atoms with van der Waals surface area (Å²) in [6.45, 7) is 6.33. The monoisotopic (exact) mass is 355 g/mol. The van der Waals surface area contributed by atoms with E-state index in [4.69, 9.17) is 11.6 Å². The fourth-order valence-electron chi connectivity index (χ4n) is 5.13. The number of hydrogen-bond donors (Lipinski definition) is 3. The summed E-state index contributed by atoms with van der Waals surface area (Å²) < 4.78 is 0. The first-order valence-electron chi connectivity index (χ1n) is 9.57. The van der Waals surface area contributed by atoms with Gasteiger partial charge in [-0.15, -0.1) is 11.6 Å². The third-order valence-electron chi connectivity index (χ3n) is 6.57. The number of halogens is 1. The van der Waals surface area contributed by atoms with Crippen molar-refractivity contribution in [3.8, 4) is 0 Å². The largest absolute Gasteiger partial charge is 0.297 e. The highest BCUT2D eigenvalue weighted by molar-refractivity contribution is 6.31. The zero-order valence-corrected chi connectivity index (χ0v) is 15.3. The Morgan fingerprint density at radius 2 is 1.96 bits per heavy atom. The molecule has 136 valence electrons. The van der Waals surface area contributed by atoms with E-state index >= 15 is 0 Å². The molecule has 3 aliphatic heterocycles. The Morgan fingerprint density at radius 3 is 2.79 bits per heavy atom. The second-order valence-electron chi connectivity index (χ2n) is 8.10. The molecule has 0 spiro atoms. The topological polar surface area (TPSA) is 59.6 Å². The fourth-order valence-corrected chi connectivity index (χ4v) is 5.43. The van der Waals surface area contributed by atoms with Gasteiger partial charge in [-0.1, -0.05) is 19.8 Å². The summed E-state index contributed by atoms with van der Waals surface area (Å²) in [6.07, 6.45) is 6.59. The third-order valence-corrected chi connectivity index (χ3v) is 7.06. The Kier molecular flexibility index (Phi) is 5.02. The molecular formula is C17H30ClN5O. The van der Waals surface area contributed by atoms with Gasteiger partial charge in [-0.05, 0) is 25.2 Å². The summed E-state index contributed by atoms with van der Waals surface area (Å²) in [5, 5.41) is 2.10. The minimum atomic E-state index is -0.452. The Balaban J connectivity index is 1.38. The highest BCUT2D eigenvalue weighted by Gasteiger charge is 2.44. The first-order valence-corrected chi connectivity index (χ1v) is 10.0. The lowest BCUT2D eigenvalue weighted by molar-refractivity contribution is -0.125. The predicted octanol–water partition coefficient (Wildman–Crippen LogP) is 0.686. The van der Waals surface area contributed by atoms with Gasteiger partial charge < -0.3 is 0 Å². The Morgan fingerprint density at radius 1 is 1.12 bits per heavy atom. The van der Waals surface area contributed by atoms with Gasteiger partial charge in [0.2, 0.25) is 0 Å². The number of hydrazine groups is 2. The minimum Gasteiger partial charge on any atom is -0.297 e. The van der Waals surface area contributed by atoms with Gasteiger partial charge in [0.05, 0.1) is 0 Å². The smallest absolute Gasteiger partial charge is 0.253 e. The van der Waals surface area contributed by atoms with Crippen LogP contribution in [0.5, 0.6) is 0 Å². The molecule has 0 aromatic rings. The number of fused-ring (bicyclic) bond motifs is 1. The molecule has 4 rings (SSSR count). The SMILES string of the molecule is CC1CCCCC1N1CC2CN(C3CNNC(=O)C3Cl)CCC2N1. The van der Waals surface area contributed by atoms with E-state index in [1.54, 1.807) is 0 Å². The Labute approximate surface area is 149 Å². The number of likely N-dealkylation sites (tertiary alicyclic amines) is 1. The van der Waals surface area contributed by atoms with Crippen molar-refractivity contribution >= 4 is 17.5 Å². The second-order valence-corrected chi connectivity index (χ2v) is 8.57. The number of piperidine rings is 1. The van der Waals surface area contributed by atoms with Crippen LogP contribution < -0.4 is 16.3 Å². The third kappa shape index (κ3) is 3.19. The molecule has 0 aromatic carbocycles. The van der Waals surface area contributed by atoms with Crippen LogP contribution in [-0.4, -0.2) is 65.5 Å². The number of hydrogen-bond acceptors (Lipinski definition) is 5. The lowest BCUT2D eigenvalue weighted by atomic mass is 9.85. The summed E-state index contributed by atoms with van der Waals surface area (Å²) in [6, 6.07) is 1.39. The number of carbonyl (C=O) groups excluding carboxylic acids is 1. The van der Waals surface area contributed by atoms with Crippen molar-refractivity contribution in [1.82, 2.24) is 26.2 Å². The van der Waals surface area contributed by atoms with Crippen molar-refractivity contribution in [3.05, 3.63) is 0 Å². The molecule has 6 nitrogen and oxygen atoms in total. The van der Waals surface area contributed by atoms with Gasteiger partial charge in [0.25, 0.3) is 5.91 Å². The summed E-state index contributed by atoms with van der Waals surface area (Å²) >= 11 is 6.36. The van der Waals surface area contributed by atoms with E-state index in [-0.39, 0.29) is 11.9 Å². The molecular weight excluding hydrogens is 326 g/mol. The van der Waals surface area contributed by atoms with Gasteiger partial charge in [-0.25, -0.2) is 10.4 Å². The molecule has 0 aromatic heterocycles. The predicted molar refractivity (Wildman–Crippen MR) is 94.3 cm³/mol. The van der Waals surface area contributed by atoms with E-state index < -0.39 is 5.38 Å². The lowest BCUT2D eigenvalue weighted by Gasteiger charge is -2.42. The molecule has 6 atom stereocenters. The van der Waals surface area contributed by atoms with Gasteiger partial charge in [-0.3, -0.25) is 20.5 Å². The van der Waals surface area contributed by atoms with Crippen molar-refractivity contribution in [2.75, 3.05) is 26.2 Å². The first kappa shape index (κ1) is 17.0. The van der Waals surface area contributed by atoms with Gasteiger partial charge in [0, 0.05) is 50.2 Å². The van der Waals surface area contributed by atoms with Gasteiger partial charge in [0.15, 0.2) is 0 Å². The van der Waals surface area contributed by atoms with Crippen LogP contribution >= 0.6 is 11.6 Å². The lowest BCUT2D eigenvalue weighted by Crippen LogP contribution is -2.64. The van der Waals surface area contributed by atoms with E-state index in [0.717, 1.165) is 38.5 Å². The van der Waals surface area contributed by atoms with E-state index in [0.29, 0.717) is 18.0 Å². The molecule has 3 saturated heterocycles. The van der Waals surface area contributed by atoms with Crippen LogP contribution in [0.4, 0.5) is 0 Å². The van der Waals surface area contributed by atoms with Crippen molar-refractivity contribution in [3.63, 3.8) is 0 Å². The summed E-state index contributed by atoms with van der Waals surface area (Å²) in [7, 11) is 0. The summed E-state index contributed by atoms with van der Waals surface area (Å²) in [5.74, 6) is 1.33. The fraction of sp³-hybridized carbons (Fsp3) is 0.941. The highest BCUT2D eigenvalue weighted by atomic mass is 35.5. The molecule has 1 aliphatic carbocycles. The van der Waals surface area contributed by atoms with Crippen molar-refractivity contribution < 1.29 is 4.79 Å². The van der Waals surface area contributed by atoms with E-state index in [1.165, 1.54) is 25.7 Å². The van der Waals surface area contributed by atoms with Crippen LogP contribution in [0.2, 0.25) is 0 Å². The second kappa shape index (κ2) is 7.08. The molecule has 4 fully saturated rings. The molecule has 0 bridgehead atoms. The van der Waals surface area contributed by atoms with Crippen LogP contribution in [0.1, 0.15) is 39.0 Å². The average Bonchev–Trinajstić information content (AvgIpc) is 3.00. The maximum atomic E-state index is 11.8. The summed E-state index contributed by atoms with van der Waals surface area (Å²) in [5.41, 5.74) is 9.44. The van der Waals surface area contributed by atoms with Crippen molar-refractivity contribution in [1.29, 1.82) is 0 Å². The van der Waals surface area contributed by atoms with Crippen LogP contribution in [0.15, 0.2) is 0 Å². The van der Waals surface area contributed by atoms with Gasteiger partial charge in [0.1, 0.15) is 5.38 Å². The maximum absolute atomic E-state index is 11.8. The Bertz CT molecular complexity index is 478. The molecule has 3 N–H and O–H groups in total. The zero-order chi connectivity index (χ0) is 16.7. The molecule has 3 heterocycles. The van der Waals surface area contributed by atoms with Crippen LogP contribution in [0, 0.1) is 11.8 Å². The van der Waals surface area contributed by atoms with Crippen LogP contribution in [0.25, 0.3) is 0 Å². The van der Waals surface area contributed by atoms with Crippen LogP contribution in [-0.2, 0) is 4.79 Å². The highest BCUT2D eigenvalue weighted by Crippen LogP contribution is 2.33. The Hall–Kier alpha value is -0.400. The number of rotatable bonds is 2. The zero-order valence-electron chi connectivity index (χ0n) is 14.5. The maximum Gasteiger partial charge on any atom is 0.253 e. The van der Waals surface area contributed by atoms with E-state index in [2.05, 4.69) is 33.1 Å².